The van der Waals surface area contributed by atoms with Crippen LogP contribution in [0.3, 0.4) is 0 Å². The molecule has 1 unspecified atom stereocenters. The highest BCUT2D eigenvalue weighted by atomic mass is 35.5. The van der Waals surface area contributed by atoms with Crippen LogP contribution >= 0.6 is 11.6 Å². The van der Waals surface area contributed by atoms with Crippen LogP contribution in [-0.2, 0) is 0 Å². The first-order valence-corrected chi connectivity index (χ1v) is 7.89. The Morgan fingerprint density at radius 1 is 1.20 bits per heavy atom. The minimum absolute atomic E-state index is 0.283. The summed E-state index contributed by atoms with van der Waals surface area (Å²) in [6, 6.07) is 0.396. The number of hydrogen-bond donors (Lipinski definition) is 0. The minimum Gasteiger partial charge on any atom is -0.341 e. The quantitative estimate of drug-likeness (QED) is 0.835. The second kappa shape index (κ2) is 7.07. The van der Waals surface area contributed by atoms with Gasteiger partial charge in [-0.05, 0) is 44.2 Å². The van der Waals surface area contributed by atoms with Crippen molar-refractivity contribution in [2.24, 2.45) is 0 Å². The highest BCUT2D eigenvalue weighted by Crippen LogP contribution is 2.21. The predicted molar refractivity (Wildman–Crippen MR) is 83.7 cm³/mol. The second-order valence-electron chi connectivity index (χ2n) is 5.50. The lowest BCUT2D eigenvalue weighted by atomic mass is 10.1. The Labute approximate surface area is 126 Å². The summed E-state index contributed by atoms with van der Waals surface area (Å²) in [6.45, 7) is 6.38. The van der Waals surface area contributed by atoms with Crippen LogP contribution in [0.5, 0.6) is 0 Å². The summed E-state index contributed by atoms with van der Waals surface area (Å²) in [5.41, 5.74) is 0. The molecule has 0 saturated carbocycles. The van der Waals surface area contributed by atoms with E-state index in [4.69, 9.17) is 11.6 Å². The van der Waals surface area contributed by atoms with Gasteiger partial charge in [-0.25, -0.2) is 0 Å². The van der Waals surface area contributed by atoms with Gasteiger partial charge < -0.3 is 9.80 Å². The fraction of sp³-hybridized carbons (Fsp3) is 0.786. The molecule has 20 heavy (non-hydrogen) atoms. The van der Waals surface area contributed by atoms with Gasteiger partial charge in [0.05, 0.1) is 0 Å². The van der Waals surface area contributed by atoms with Crippen LogP contribution < -0.4 is 9.80 Å². The first kappa shape index (κ1) is 15.3. The average molecular weight is 298 g/mol. The molecule has 0 aliphatic carbocycles. The van der Waals surface area contributed by atoms with Crippen molar-refractivity contribution in [3.05, 3.63) is 5.28 Å². The Morgan fingerprint density at radius 3 is 2.55 bits per heavy atom. The Balaban J connectivity index is 2.19. The molecule has 2 rings (SSSR count). The van der Waals surface area contributed by atoms with Gasteiger partial charge in [-0.2, -0.15) is 15.0 Å². The first-order chi connectivity index (χ1) is 9.61. The smallest absolute Gasteiger partial charge is 0.231 e. The van der Waals surface area contributed by atoms with Crippen LogP contribution in [0, 0.1) is 0 Å². The number of nitrogens with zero attached hydrogens (tertiary/aromatic N) is 5. The maximum Gasteiger partial charge on any atom is 0.231 e. The molecule has 1 atom stereocenters. The number of rotatable bonds is 5. The van der Waals surface area contributed by atoms with E-state index < -0.39 is 0 Å². The topological polar surface area (TPSA) is 45.2 Å². The van der Waals surface area contributed by atoms with E-state index in [1.54, 1.807) is 0 Å². The zero-order valence-corrected chi connectivity index (χ0v) is 13.4. The van der Waals surface area contributed by atoms with Crippen molar-refractivity contribution in [3.8, 4) is 0 Å². The van der Waals surface area contributed by atoms with Crippen molar-refractivity contribution < 1.29 is 0 Å². The maximum absolute atomic E-state index is 6.08. The van der Waals surface area contributed by atoms with Gasteiger partial charge in [0.15, 0.2) is 0 Å². The SMILES string of the molecule is CCCC(C)N(C)c1nc(Cl)nc(N2CCCCC2)n1. The van der Waals surface area contributed by atoms with Gasteiger partial charge in [-0.15, -0.1) is 0 Å². The monoisotopic (exact) mass is 297 g/mol. The summed E-state index contributed by atoms with van der Waals surface area (Å²) >= 11 is 6.08. The molecule has 112 valence electrons. The van der Waals surface area contributed by atoms with Gasteiger partial charge in [0.1, 0.15) is 0 Å². The van der Waals surface area contributed by atoms with Gasteiger partial charge >= 0.3 is 0 Å². The molecule has 6 heteroatoms. The Bertz CT molecular complexity index is 434. The first-order valence-electron chi connectivity index (χ1n) is 7.51. The lowest BCUT2D eigenvalue weighted by Crippen LogP contribution is -2.34. The molecule has 1 aromatic rings. The van der Waals surface area contributed by atoms with E-state index >= 15 is 0 Å². The van der Waals surface area contributed by atoms with Gasteiger partial charge in [0.25, 0.3) is 0 Å². The minimum atomic E-state index is 0.283. The molecule has 2 heterocycles. The third-order valence-electron chi connectivity index (χ3n) is 3.91. The zero-order chi connectivity index (χ0) is 14.5. The van der Waals surface area contributed by atoms with Gasteiger partial charge in [0.2, 0.25) is 17.2 Å². The van der Waals surface area contributed by atoms with Crippen LogP contribution in [0.2, 0.25) is 5.28 Å². The van der Waals surface area contributed by atoms with Crippen molar-refractivity contribution >= 4 is 23.5 Å². The lowest BCUT2D eigenvalue weighted by molar-refractivity contribution is 0.564. The molecule has 0 bridgehead atoms. The van der Waals surface area contributed by atoms with E-state index in [1.807, 2.05) is 7.05 Å². The third kappa shape index (κ3) is 3.72. The van der Waals surface area contributed by atoms with Crippen molar-refractivity contribution in [2.45, 2.75) is 52.0 Å². The molecule has 1 aliphatic rings. The number of piperidine rings is 1. The highest BCUT2D eigenvalue weighted by Gasteiger charge is 2.18. The van der Waals surface area contributed by atoms with Crippen LogP contribution in [-0.4, -0.2) is 41.1 Å². The van der Waals surface area contributed by atoms with E-state index in [2.05, 4.69) is 38.6 Å². The van der Waals surface area contributed by atoms with E-state index in [1.165, 1.54) is 19.3 Å². The van der Waals surface area contributed by atoms with Crippen LogP contribution in [0.4, 0.5) is 11.9 Å². The summed E-state index contributed by atoms with van der Waals surface area (Å²) in [4.78, 5) is 17.5. The van der Waals surface area contributed by atoms with E-state index in [0.29, 0.717) is 12.0 Å². The maximum atomic E-state index is 6.08. The molecule has 0 aromatic carbocycles. The van der Waals surface area contributed by atoms with Crippen LogP contribution in [0.25, 0.3) is 0 Å². The fourth-order valence-electron chi connectivity index (χ4n) is 2.53. The van der Waals surface area contributed by atoms with Gasteiger partial charge in [-0.1, -0.05) is 13.3 Å². The standard InChI is InChI=1S/C14H24ClN5/c1-4-8-11(2)19(3)13-16-12(15)17-14(18-13)20-9-6-5-7-10-20/h11H,4-10H2,1-3H3. The fourth-order valence-corrected chi connectivity index (χ4v) is 2.68. The average Bonchev–Trinajstić information content (AvgIpc) is 2.47. The molecule has 1 aromatic heterocycles. The predicted octanol–water partition coefficient (Wildman–Crippen LogP) is 3.14. The molecule has 0 amide bonds. The van der Waals surface area contributed by atoms with E-state index in [0.717, 1.165) is 31.9 Å². The van der Waals surface area contributed by atoms with Crippen LogP contribution in [0.15, 0.2) is 0 Å². The van der Waals surface area contributed by atoms with E-state index in [9.17, 15) is 0 Å². The van der Waals surface area contributed by atoms with Crippen molar-refractivity contribution in [2.75, 3.05) is 29.9 Å². The molecule has 0 radical (unpaired) electrons. The largest absolute Gasteiger partial charge is 0.341 e. The second-order valence-corrected chi connectivity index (χ2v) is 5.84. The summed E-state index contributed by atoms with van der Waals surface area (Å²) in [5, 5.41) is 0.283. The molecule has 1 fully saturated rings. The summed E-state index contributed by atoms with van der Waals surface area (Å²) in [6.07, 6.45) is 5.93. The third-order valence-corrected chi connectivity index (χ3v) is 4.08. The van der Waals surface area contributed by atoms with Crippen molar-refractivity contribution in [3.63, 3.8) is 0 Å². The summed E-state index contributed by atoms with van der Waals surface area (Å²) in [7, 11) is 2.02. The molecular formula is C14H24ClN5. The van der Waals surface area contributed by atoms with Gasteiger partial charge in [0, 0.05) is 26.2 Å². The molecule has 0 N–H and O–H groups in total. The Kier molecular flexibility index (Phi) is 5.40. The lowest BCUT2D eigenvalue weighted by Gasteiger charge is -2.29. The van der Waals surface area contributed by atoms with E-state index in [-0.39, 0.29) is 5.28 Å². The Morgan fingerprint density at radius 2 is 1.90 bits per heavy atom. The number of halogens is 1. The highest BCUT2D eigenvalue weighted by molar-refractivity contribution is 6.28. The molecule has 1 saturated heterocycles. The number of aromatic nitrogens is 3. The van der Waals surface area contributed by atoms with Crippen molar-refractivity contribution in [1.82, 2.24) is 15.0 Å². The van der Waals surface area contributed by atoms with Crippen LogP contribution in [0.1, 0.15) is 46.0 Å². The normalized spacial score (nSPS) is 17.1. The molecular weight excluding hydrogens is 274 g/mol. The molecule has 0 spiro atoms. The van der Waals surface area contributed by atoms with Gasteiger partial charge in [-0.3, -0.25) is 0 Å². The molecule has 5 nitrogen and oxygen atoms in total. The molecule has 1 aliphatic heterocycles. The summed E-state index contributed by atoms with van der Waals surface area (Å²) < 4.78 is 0. The van der Waals surface area contributed by atoms with Crippen molar-refractivity contribution in [1.29, 1.82) is 0 Å². The summed E-state index contributed by atoms with van der Waals surface area (Å²) in [5.74, 6) is 1.39. The zero-order valence-electron chi connectivity index (χ0n) is 12.6. The number of hydrogen-bond acceptors (Lipinski definition) is 5. The Hall–Kier alpha value is -1.10. The number of anilines is 2.